The van der Waals surface area contributed by atoms with Crippen molar-refractivity contribution in [3.63, 3.8) is 0 Å². The van der Waals surface area contributed by atoms with Gasteiger partial charge in [0.1, 0.15) is 19.8 Å². The van der Waals surface area contributed by atoms with Crippen molar-refractivity contribution in [3.8, 4) is 11.5 Å². The lowest BCUT2D eigenvalue weighted by atomic mass is 10.2. The van der Waals surface area contributed by atoms with Crippen LogP contribution in [0.2, 0.25) is 0 Å². The molecule has 2 aromatic rings. The zero-order valence-electron chi connectivity index (χ0n) is 10.9. The standard InChI is InChI=1S/C13H12N2O6/c16-12(17)7-18-6-11-14-13(15-21-11)10-5-19-8-3-1-2-4-9(8)20-10/h1-4,10H,5-7H2,(H,16,17). The van der Waals surface area contributed by atoms with Gasteiger partial charge in [0.05, 0.1) is 0 Å². The van der Waals surface area contributed by atoms with Crippen LogP contribution < -0.4 is 9.47 Å². The second-order valence-electron chi connectivity index (χ2n) is 4.30. The molecular weight excluding hydrogens is 280 g/mol. The number of para-hydroxylation sites is 2. The number of carbonyl (C=O) groups is 1. The molecule has 110 valence electrons. The number of aliphatic carboxylic acids is 1. The smallest absolute Gasteiger partial charge is 0.329 e. The minimum absolute atomic E-state index is 0.0660. The fourth-order valence-electron chi connectivity index (χ4n) is 1.83. The van der Waals surface area contributed by atoms with E-state index in [4.69, 9.17) is 23.8 Å². The molecular formula is C13H12N2O6. The average molecular weight is 292 g/mol. The van der Waals surface area contributed by atoms with Crippen molar-refractivity contribution < 1.29 is 28.6 Å². The molecule has 3 rings (SSSR count). The highest BCUT2D eigenvalue weighted by molar-refractivity contribution is 5.67. The maximum atomic E-state index is 10.3. The molecule has 21 heavy (non-hydrogen) atoms. The molecule has 1 N–H and O–H groups in total. The minimum Gasteiger partial charge on any atom is -0.485 e. The summed E-state index contributed by atoms with van der Waals surface area (Å²) in [6.45, 7) is -0.219. The second kappa shape index (κ2) is 5.80. The summed E-state index contributed by atoms with van der Waals surface area (Å²) in [5.74, 6) is 0.743. The van der Waals surface area contributed by atoms with Gasteiger partial charge in [0.15, 0.2) is 17.6 Å². The Balaban J connectivity index is 1.63. The van der Waals surface area contributed by atoms with E-state index in [0.29, 0.717) is 17.3 Å². The molecule has 1 unspecified atom stereocenters. The van der Waals surface area contributed by atoms with Crippen LogP contribution in [0.4, 0.5) is 0 Å². The van der Waals surface area contributed by atoms with Crippen LogP contribution in [0.5, 0.6) is 11.5 Å². The van der Waals surface area contributed by atoms with Crippen LogP contribution in [0.3, 0.4) is 0 Å². The molecule has 0 spiro atoms. The number of benzene rings is 1. The van der Waals surface area contributed by atoms with Gasteiger partial charge in [-0.1, -0.05) is 17.3 Å². The van der Waals surface area contributed by atoms with Gasteiger partial charge in [-0.3, -0.25) is 0 Å². The van der Waals surface area contributed by atoms with E-state index in [1.54, 1.807) is 6.07 Å². The van der Waals surface area contributed by atoms with Crippen LogP contribution in [0, 0.1) is 0 Å². The minimum atomic E-state index is -1.06. The van der Waals surface area contributed by atoms with Gasteiger partial charge in [0.25, 0.3) is 5.89 Å². The summed E-state index contributed by atoms with van der Waals surface area (Å²) < 4.78 is 21.1. The maximum Gasteiger partial charge on any atom is 0.329 e. The number of carboxylic acids is 1. The summed E-state index contributed by atoms with van der Waals surface area (Å²) in [5.41, 5.74) is 0. The Morgan fingerprint density at radius 2 is 2.19 bits per heavy atom. The Bertz CT molecular complexity index is 641. The van der Waals surface area contributed by atoms with Crippen molar-refractivity contribution >= 4 is 5.97 Å². The number of hydrogen-bond acceptors (Lipinski definition) is 7. The fourth-order valence-corrected chi connectivity index (χ4v) is 1.83. The normalized spacial score (nSPS) is 16.7. The molecule has 0 saturated carbocycles. The molecule has 0 fully saturated rings. The molecule has 8 heteroatoms. The van der Waals surface area contributed by atoms with E-state index in [0.717, 1.165) is 0 Å². The Morgan fingerprint density at radius 1 is 1.38 bits per heavy atom. The van der Waals surface area contributed by atoms with E-state index in [-0.39, 0.29) is 19.1 Å². The maximum absolute atomic E-state index is 10.3. The highest BCUT2D eigenvalue weighted by Crippen LogP contribution is 2.34. The SMILES string of the molecule is O=C(O)COCc1nc(C2COc3ccccc3O2)no1. The Morgan fingerprint density at radius 3 is 3.00 bits per heavy atom. The van der Waals surface area contributed by atoms with E-state index in [1.807, 2.05) is 18.2 Å². The molecule has 1 aromatic carbocycles. The first kappa shape index (κ1) is 13.4. The molecule has 2 heterocycles. The van der Waals surface area contributed by atoms with E-state index >= 15 is 0 Å². The van der Waals surface area contributed by atoms with Crippen molar-refractivity contribution in [2.75, 3.05) is 13.2 Å². The van der Waals surface area contributed by atoms with E-state index in [9.17, 15) is 4.79 Å². The van der Waals surface area contributed by atoms with Crippen molar-refractivity contribution in [3.05, 3.63) is 36.0 Å². The van der Waals surface area contributed by atoms with Gasteiger partial charge in [-0.05, 0) is 12.1 Å². The molecule has 0 amide bonds. The number of fused-ring (bicyclic) bond motifs is 1. The molecule has 1 atom stereocenters. The van der Waals surface area contributed by atoms with Crippen molar-refractivity contribution in [1.82, 2.24) is 10.1 Å². The summed E-state index contributed by atoms with van der Waals surface area (Å²) >= 11 is 0. The average Bonchev–Trinajstić information content (AvgIpc) is 2.95. The Hall–Kier alpha value is -2.61. The van der Waals surface area contributed by atoms with Gasteiger partial charge in [-0.2, -0.15) is 4.98 Å². The summed E-state index contributed by atoms with van der Waals surface area (Å²) in [6, 6.07) is 7.30. The van der Waals surface area contributed by atoms with Gasteiger partial charge < -0.3 is 23.8 Å². The lowest BCUT2D eigenvalue weighted by Crippen LogP contribution is -2.22. The Kier molecular flexibility index (Phi) is 3.69. The lowest BCUT2D eigenvalue weighted by molar-refractivity contribution is -0.142. The van der Waals surface area contributed by atoms with Gasteiger partial charge in [-0.15, -0.1) is 0 Å². The molecule has 0 aliphatic carbocycles. The molecule has 0 saturated heterocycles. The number of nitrogens with zero attached hydrogens (tertiary/aromatic N) is 2. The molecule has 1 aliphatic heterocycles. The van der Waals surface area contributed by atoms with E-state index < -0.39 is 18.7 Å². The van der Waals surface area contributed by atoms with Crippen LogP contribution >= 0.6 is 0 Å². The molecule has 8 nitrogen and oxygen atoms in total. The zero-order chi connectivity index (χ0) is 14.7. The van der Waals surface area contributed by atoms with Gasteiger partial charge >= 0.3 is 5.97 Å². The van der Waals surface area contributed by atoms with Crippen LogP contribution in [-0.2, 0) is 16.1 Å². The monoisotopic (exact) mass is 292 g/mol. The van der Waals surface area contributed by atoms with Gasteiger partial charge in [0.2, 0.25) is 5.82 Å². The topological polar surface area (TPSA) is 104 Å². The van der Waals surface area contributed by atoms with E-state index in [1.165, 1.54) is 0 Å². The Labute approximate surface area is 119 Å². The molecule has 1 aliphatic rings. The number of hydrogen-bond donors (Lipinski definition) is 1. The van der Waals surface area contributed by atoms with Crippen LogP contribution in [0.15, 0.2) is 28.8 Å². The number of ether oxygens (including phenoxy) is 3. The third kappa shape index (κ3) is 3.11. The van der Waals surface area contributed by atoms with E-state index in [2.05, 4.69) is 10.1 Å². The summed E-state index contributed by atoms with van der Waals surface area (Å²) in [6.07, 6.45) is -0.475. The third-order valence-corrected chi connectivity index (χ3v) is 2.73. The van der Waals surface area contributed by atoms with Crippen molar-refractivity contribution in [2.45, 2.75) is 12.7 Å². The third-order valence-electron chi connectivity index (χ3n) is 2.73. The fraction of sp³-hybridized carbons (Fsp3) is 0.308. The summed E-state index contributed by atoms with van der Waals surface area (Å²) in [5, 5.41) is 12.3. The summed E-state index contributed by atoms with van der Waals surface area (Å²) in [4.78, 5) is 14.4. The van der Waals surface area contributed by atoms with Gasteiger partial charge in [0, 0.05) is 0 Å². The largest absolute Gasteiger partial charge is 0.485 e. The summed E-state index contributed by atoms with van der Waals surface area (Å²) in [7, 11) is 0. The lowest BCUT2D eigenvalue weighted by Gasteiger charge is -2.24. The van der Waals surface area contributed by atoms with Crippen molar-refractivity contribution in [1.29, 1.82) is 0 Å². The number of aromatic nitrogens is 2. The number of carboxylic acid groups (broad SMARTS) is 1. The highest BCUT2D eigenvalue weighted by atomic mass is 16.6. The predicted molar refractivity (Wildman–Crippen MR) is 66.9 cm³/mol. The first-order valence-electron chi connectivity index (χ1n) is 6.23. The first-order chi connectivity index (χ1) is 10.2. The first-order valence-corrected chi connectivity index (χ1v) is 6.23. The molecule has 0 bridgehead atoms. The predicted octanol–water partition coefficient (Wildman–Crippen LogP) is 1.18. The van der Waals surface area contributed by atoms with Crippen LogP contribution in [0.1, 0.15) is 17.8 Å². The number of rotatable bonds is 5. The van der Waals surface area contributed by atoms with Gasteiger partial charge in [-0.25, -0.2) is 4.79 Å². The van der Waals surface area contributed by atoms with Crippen molar-refractivity contribution in [2.24, 2.45) is 0 Å². The van der Waals surface area contributed by atoms with Crippen LogP contribution in [-0.4, -0.2) is 34.4 Å². The highest BCUT2D eigenvalue weighted by Gasteiger charge is 2.26. The quantitative estimate of drug-likeness (QED) is 0.876. The second-order valence-corrected chi connectivity index (χ2v) is 4.30. The van der Waals surface area contributed by atoms with Crippen LogP contribution in [0.25, 0.3) is 0 Å². The molecule has 1 aromatic heterocycles. The molecule has 0 radical (unpaired) electrons. The zero-order valence-corrected chi connectivity index (χ0v) is 10.9.